The average Bonchev–Trinajstić information content (AvgIpc) is 3.42. The lowest BCUT2D eigenvalue weighted by Crippen LogP contribution is -2.30. The summed E-state index contributed by atoms with van der Waals surface area (Å²) in [6.45, 7) is 6.27. The first-order valence-corrected chi connectivity index (χ1v) is 30.1. The predicted molar refractivity (Wildman–Crippen MR) is 329 cm³/mol. The third-order valence-electron chi connectivity index (χ3n) is 12.0. The molecular formula is C70H108O6. The molecule has 6 heteroatoms. The van der Waals surface area contributed by atoms with E-state index in [2.05, 4.69) is 191 Å². The maximum absolute atomic E-state index is 12.8. The van der Waals surface area contributed by atoms with Gasteiger partial charge in [-0.2, -0.15) is 0 Å². The van der Waals surface area contributed by atoms with Gasteiger partial charge in [-0.1, -0.05) is 255 Å². The molecule has 6 nitrogen and oxygen atoms in total. The van der Waals surface area contributed by atoms with Gasteiger partial charge in [0.25, 0.3) is 0 Å². The molecule has 76 heavy (non-hydrogen) atoms. The van der Waals surface area contributed by atoms with Crippen molar-refractivity contribution >= 4 is 17.9 Å². The lowest BCUT2D eigenvalue weighted by Gasteiger charge is -2.18. The number of hydrogen-bond acceptors (Lipinski definition) is 6. The molecule has 0 radical (unpaired) electrons. The molecule has 0 spiro atoms. The summed E-state index contributed by atoms with van der Waals surface area (Å²) in [6, 6.07) is 0. The molecular weight excluding hydrogens is 937 g/mol. The van der Waals surface area contributed by atoms with Crippen molar-refractivity contribution < 1.29 is 28.6 Å². The highest BCUT2D eigenvalue weighted by atomic mass is 16.6. The SMILES string of the molecule is CC/C=C\C/C=C\C/C=C\C/C=C\C/C=C\C/C=C\C/C=C\C/C=C\C/C=C\CCCC(=O)OCC(COC(=O)CCCCCCCC)OC(=O)CCCCCCCCC/C=C\C/C=C\C/C=C\C/C=C\C/C=C\CC. The lowest BCUT2D eigenvalue weighted by molar-refractivity contribution is -0.167. The van der Waals surface area contributed by atoms with Gasteiger partial charge in [0.05, 0.1) is 0 Å². The summed E-state index contributed by atoms with van der Waals surface area (Å²) in [6.07, 6.45) is 92.4. The van der Waals surface area contributed by atoms with Gasteiger partial charge in [-0.05, 0) is 128 Å². The Kier molecular flexibility index (Phi) is 58.0. The van der Waals surface area contributed by atoms with Crippen molar-refractivity contribution in [2.75, 3.05) is 13.2 Å². The van der Waals surface area contributed by atoms with Crippen molar-refractivity contribution in [2.24, 2.45) is 0 Å². The smallest absolute Gasteiger partial charge is 0.306 e. The summed E-state index contributed by atoms with van der Waals surface area (Å²) in [7, 11) is 0. The minimum absolute atomic E-state index is 0.108. The van der Waals surface area contributed by atoms with Crippen molar-refractivity contribution in [1.29, 1.82) is 0 Å². The first kappa shape index (κ1) is 70.8. The normalized spacial score (nSPS) is 13.4. The molecule has 0 bridgehead atoms. The lowest BCUT2D eigenvalue weighted by atomic mass is 10.1. The number of carbonyl (C=O) groups is 3. The zero-order valence-electron chi connectivity index (χ0n) is 48.4. The van der Waals surface area contributed by atoms with E-state index in [1.807, 2.05) is 0 Å². The van der Waals surface area contributed by atoms with Gasteiger partial charge in [0.15, 0.2) is 6.10 Å². The van der Waals surface area contributed by atoms with Crippen LogP contribution in [0.2, 0.25) is 0 Å². The second kappa shape index (κ2) is 62.3. The second-order valence-corrected chi connectivity index (χ2v) is 19.1. The number of ether oxygens (including phenoxy) is 3. The first-order chi connectivity index (χ1) is 37.5. The molecule has 0 aliphatic rings. The molecule has 0 aromatic carbocycles. The summed E-state index contributed by atoms with van der Waals surface area (Å²) in [5.74, 6) is -1.00. The topological polar surface area (TPSA) is 78.9 Å². The van der Waals surface area contributed by atoms with Crippen LogP contribution in [0.25, 0.3) is 0 Å². The molecule has 0 aliphatic carbocycles. The molecule has 0 heterocycles. The van der Waals surface area contributed by atoms with Gasteiger partial charge < -0.3 is 14.2 Å². The van der Waals surface area contributed by atoms with Gasteiger partial charge in [-0.15, -0.1) is 0 Å². The molecule has 0 saturated carbocycles. The van der Waals surface area contributed by atoms with Crippen molar-refractivity contribution in [1.82, 2.24) is 0 Å². The molecule has 1 unspecified atom stereocenters. The maximum atomic E-state index is 12.8. The Morgan fingerprint density at radius 1 is 0.276 bits per heavy atom. The van der Waals surface area contributed by atoms with Crippen molar-refractivity contribution in [3.05, 3.63) is 170 Å². The van der Waals surface area contributed by atoms with Crippen LogP contribution in [-0.2, 0) is 28.6 Å². The molecule has 0 aliphatic heterocycles. The Labute approximate surface area is 466 Å². The van der Waals surface area contributed by atoms with Crippen LogP contribution in [0.5, 0.6) is 0 Å². The third kappa shape index (κ3) is 59.6. The standard InChI is InChI=1S/C70H108O6/c1-4-7-10-13-16-18-20-22-24-26-28-30-32-33-34-35-36-37-39-40-42-44-46-48-50-52-54-57-60-63-69(72)75-66-67(65-74-68(71)62-59-56-15-12-9-6-3)76-70(73)64-61-58-55-53-51-49-47-45-43-41-38-31-29-27-25-23-21-19-17-14-11-8-5-2/h7-8,10-11,16-19,22-25,28-31,33-34,36-37,40-43,46,48,52,54,67H,4-6,9,12-15,20-21,26-27,32,35,38-39,44-45,47,49-51,53,55-66H2,1-3H3/b10-7-,11-8-,18-16-,19-17-,24-22-,25-23-,30-28-,31-29-,34-33-,37-36-,42-40-,43-41-,48-46-,54-52-. The van der Waals surface area contributed by atoms with Crippen LogP contribution in [0.3, 0.4) is 0 Å². The van der Waals surface area contributed by atoms with Crippen LogP contribution in [0.4, 0.5) is 0 Å². The summed E-state index contributed by atoms with van der Waals surface area (Å²) in [5.41, 5.74) is 0. The fourth-order valence-electron chi connectivity index (χ4n) is 7.53. The highest BCUT2D eigenvalue weighted by Crippen LogP contribution is 2.13. The zero-order valence-corrected chi connectivity index (χ0v) is 48.4. The molecule has 0 rings (SSSR count). The van der Waals surface area contributed by atoms with E-state index in [-0.39, 0.29) is 37.5 Å². The monoisotopic (exact) mass is 1040 g/mol. The molecule has 424 valence electrons. The Morgan fingerprint density at radius 2 is 0.526 bits per heavy atom. The molecule has 0 aromatic heterocycles. The molecule has 1 atom stereocenters. The molecule has 0 saturated heterocycles. The van der Waals surface area contributed by atoms with Gasteiger partial charge >= 0.3 is 17.9 Å². The van der Waals surface area contributed by atoms with Crippen LogP contribution in [0, 0.1) is 0 Å². The summed E-state index contributed by atoms with van der Waals surface area (Å²) < 4.78 is 16.7. The number of rotatable bonds is 52. The summed E-state index contributed by atoms with van der Waals surface area (Å²) >= 11 is 0. The number of hydrogen-bond donors (Lipinski definition) is 0. The van der Waals surface area contributed by atoms with Crippen LogP contribution >= 0.6 is 0 Å². The second-order valence-electron chi connectivity index (χ2n) is 19.1. The van der Waals surface area contributed by atoms with Gasteiger partial charge in [0, 0.05) is 19.3 Å². The van der Waals surface area contributed by atoms with E-state index < -0.39 is 6.10 Å². The Morgan fingerprint density at radius 3 is 0.855 bits per heavy atom. The van der Waals surface area contributed by atoms with E-state index in [1.54, 1.807) is 0 Å². The number of carbonyl (C=O) groups excluding carboxylic acids is 3. The molecule has 0 amide bonds. The highest BCUT2D eigenvalue weighted by molar-refractivity contribution is 5.71. The number of unbranched alkanes of at least 4 members (excludes halogenated alkanes) is 13. The molecule has 0 fully saturated rings. The van der Waals surface area contributed by atoms with Gasteiger partial charge in [-0.25, -0.2) is 0 Å². The van der Waals surface area contributed by atoms with Gasteiger partial charge in [0.2, 0.25) is 0 Å². The largest absolute Gasteiger partial charge is 0.462 e. The van der Waals surface area contributed by atoms with Crippen molar-refractivity contribution in [3.8, 4) is 0 Å². The van der Waals surface area contributed by atoms with Crippen LogP contribution in [0.1, 0.15) is 233 Å². The predicted octanol–water partition coefficient (Wildman–Crippen LogP) is 20.7. The Bertz CT molecular complexity index is 1770. The number of esters is 3. The van der Waals surface area contributed by atoms with Crippen molar-refractivity contribution in [3.63, 3.8) is 0 Å². The van der Waals surface area contributed by atoms with Gasteiger partial charge in [0.1, 0.15) is 13.2 Å². The van der Waals surface area contributed by atoms with E-state index in [0.29, 0.717) is 19.3 Å². The van der Waals surface area contributed by atoms with E-state index >= 15 is 0 Å². The van der Waals surface area contributed by atoms with Crippen LogP contribution < -0.4 is 0 Å². The minimum atomic E-state index is -0.814. The van der Waals surface area contributed by atoms with E-state index in [4.69, 9.17) is 14.2 Å². The number of allylic oxidation sites excluding steroid dienone is 28. The third-order valence-corrected chi connectivity index (χ3v) is 12.0. The highest BCUT2D eigenvalue weighted by Gasteiger charge is 2.19. The van der Waals surface area contributed by atoms with E-state index in [0.717, 1.165) is 148 Å². The van der Waals surface area contributed by atoms with Crippen LogP contribution in [-0.4, -0.2) is 37.2 Å². The van der Waals surface area contributed by atoms with E-state index in [1.165, 1.54) is 38.5 Å². The Balaban J connectivity index is 4.31. The molecule has 0 aromatic rings. The fraction of sp³-hybridized carbons (Fsp3) is 0.557. The summed E-state index contributed by atoms with van der Waals surface area (Å²) in [5, 5.41) is 0. The van der Waals surface area contributed by atoms with Crippen LogP contribution in [0.15, 0.2) is 170 Å². The minimum Gasteiger partial charge on any atom is -0.462 e. The Hall–Kier alpha value is -5.23. The molecule has 0 N–H and O–H groups in total. The van der Waals surface area contributed by atoms with Gasteiger partial charge in [-0.3, -0.25) is 14.4 Å². The van der Waals surface area contributed by atoms with E-state index in [9.17, 15) is 14.4 Å². The first-order valence-electron chi connectivity index (χ1n) is 30.1. The quantitative estimate of drug-likeness (QED) is 0.0261. The average molecular weight is 1050 g/mol. The fourth-order valence-corrected chi connectivity index (χ4v) is 7.53. The van der Waals surface area contributed by atoms with Crippen molar-refractivity contribution in [2.45, 2.75) is 239 Å². The summed E-state index contributed by atoms with van der Waals surface area (Å²) in [4.78, 5) is 37.9. The zero-order chi connectivity index (χ0) is 55.0. The maximum Gasteiger partial charge on any atom is 0.306 e.